The molecule has 0 saturated heterocycles. The Bertz CT molecular complexity index is 671. The highest BCUT2D eigenvalue weighted by Gasteiger charge is 2.13. The second-order valence-corrected chi connectivity index (χ2v) is 4.91. The van der Waals surface area contributed by atoms with Crippen LogP contribution in [0.25, 0.3) is 0 Å². The highest BCUT2D eigenvalue weighted by atomic mass is 35.5. The Morgan fingerprint density at radius 1 is 1.24 bits per heavy atom. The van der Waals surface area contributed by atoms with Gasteiger partial charge in [0.05, 0.1) is 17.2 Å². The van der Waals surface area contributed by atoms with Gasteiger partial charge in [-0.25, -0.2) is 4.79 Å². The lowest BCUT2D eigenvalue weighted by Gasteiger charge is -2.11. The van der Waals surface area contributed by atoms with Crippen LogP contribution in [-0.4, -0.2) is 12.6 Å². The summed E-state index contributed by atoms with van der Waals surface area (Å²) in [6, 6.07) is 10.3. The number of rotatable bonds is 4. The van der Waals surface area contributed by atoms with Crippen LogP contribution in [0.5, 0.6) is 11.5 Å². The summed E-state index contributed by atoms with van der Waals surface area (Å²) in [6.45, 7) is 3.96. The molecule has 0 saturated carbocycles. The first kappa shape index (κ1) is 15.2. The number of esters is 1. The molecule has 0 bridgehead atoms. The van der Waals surface area contributed by atoms with Gasteiger partial charge in [0, 0.05) is 5.69 Å². The minimum absolute atomic E-state index is 0.276. The Labute approximate surface area is 128 Å². The zero-order chi connectivity index (χ0) is 15.4. The number of nitrogens with two attached hydrogens (primary N) is 1. The summed E-state index contributed by atoms with van der Waals surface area (Å²) in [5.41, 5.74) is 7.43. The van der Waals surface area contributed by atoms with Crippen LogP contribution in [0.15, 0.2) is 36.4 Å². The van der Waals surface area contributed by atoms with E-state index in [0.717, 1.165) is 5.56 Å². The van der Waals surface area contributed by atoms with Crippen molar-refractivity contribution in [2.75, 3.05) is 12.3 Å². The second-order valence-electron chi connectivity index (χ2n) is 4.51. The zero-order valence-corrected chi connectivity index (χ0v) is 12.6. The molecule has 2 aromatic carbocycles. The van der Waals surface area contributed by atoms with Gasteiger partial charge in [-0.15, -0.1) is 0 Å². The number of hydrogen-bond donors (Lipinski definition) is 1. The number of carbonyl (C=O) groups is 1. The van der Waals surface area contributed by atoms with Crippen LogP contribution in [-0.2, 0) is 4.74 Å². The van der Waals surface area contributed by atoms with Crippen molar-refractivity contribution < 1.29 is 14.3 Å². The number of anilines is 1. The maximum Gasteiger partial charge on any atom is 0.340 e. The smallest absolute Gasteiger partial charge is 0.340 e. The first-order valence-electron chi connectivity index (χ1n) is 6.52. The molecular formula is C16H16ClNO3. The minimum Gasteiger partial charge on any atom is -0.462 e. The Hall–Kier alpha value is -2.20. The monoisotopic (exact) mass is 305 g/mol. The summed E-state index contributed by atoms with van der Waals surface area (Å²) < 4.78 is 10.7. The van der Waals surface area contributed by atoms with E-state index in [1.807, 2.05) is 19.1 Å². The molecule has 0 unspecified atom stereocenters. The van der Waals surface area contributed by atoms with E-state index >= 15 is 0 Å². The predicted molar refractivity (Wildman–Crippen MR) is 83.1 cm³/mol. The van der Waals surface area contributed by atoms with Crippen molar-refractivity contribution in [2.45, 2.75) is 13.8 Å². The maximum atomic E-state index is 11.8. The Morgan fingerprint density at radius 3 is 2.71 bits per heavy atom. The van der Waals surface area contributed by atoms with E-state index in [2.05, 4.69) is 0 Å². The van der Waals surface area contributed by atoms with Crippen LogP contribution in [0, 0.1) is 6.92 Å². The molecule has 0 amide bonds. The zero-order valence-electron chi connectivity index (χ0n) is 11.9. The third-order valence-corrected chi connectivity index (χ3v) is 3.15. The van der Waals surface area contributed by atoms with E-state index in [9.17, 15) is 4.79 Å². The van der Waals surface area contributed by atoms with E-state index in [1.165, 1.54) is 0 Å². The third-order valence-electron chi connectivity index (χ3n) is 2.83. The lowest BCUT2D eigenvalue weighted by molar-refractivity contribution is 0.0527. The largest absolute Gasteiger partial charge is 0.462 e. The van der Waals surface area contributed by atoms with Crippen LogP contribution in [0.1, 0.15) is 22.8 Å². The SMILES string of the molecule is CCOC(=O)c1cc(Oc2cc(C)ccc2Cl)ccc1N. The summed E-state index contributed by atoms with van der Waals surface area (Å²) >= 11 is 6.09. The predicted octanol–water partition coefficient (Wildman–Crippen LogP) is 4.20. The molecule has 0 heterocycles. The molecule has 2 rings (SSSR count). The Balaban J connectivity index is 2.31. The fourth-order valence-corrected chi connectivity index (χ4v) is 1.96. The number of carbonyl (C=O) groups excluding carboxylic acids is 1. The van der Waals surface area contributed by atoms with E-state index in [1.54, 1.807) is 31.2 Å². The Morgan fingerprint density at radius 2 is 2.00 bits per heavy atom. The van der Waals surface area contributed by atoms with Crippen molar-refractivity contribution in [1.82, 2.24) is 0 Å². The molecule has 0 aromatic heterocycles. The van der Waals surface area contributed by atoms with Crippen LogP contribution in [0.4, 0.5) is 5.69 Å². The average molecular weight is 306 g/mol. The van der Waals surface area contributed by atoms with Crippen molar-refractivity contribution in [3.8, 4) is 11.5 Å². The highest BCUT2D eigenvalue weighted by Crippen LogP contribution is 2.31. The van der Waals surface area contributed by atoms with E-state index in [-0.39, 0.29) is 12.2 Å². The van der Waals surface area contributed by atoms with Crippen LogP contribution >= 0.6 is 11.6 Å². The van der Waals surface area contributed by atoms with Crippen LogP contribution in [0.2, 0.25) is 5.02 Å². The molecule has 0 aliphatic carbocycles. The first-order chi connectivity index (χ1) is 10.0. The van der Waals surface area contributed by atoms with Crippen molar-refractivity contribution in [1.29, 1.82) is 0 Å². The number of ether oxygens (including phenoxy) is 2. The molecule has 0 aliphatic rings. The molecule has 0 radical (unpaired) electrons. The summed E-state index contributed by atoms with van der Waals surface area (Å²) in [5, 5.41) is 0.495. The summed E-state index contributed by atoms with van der Waals surface area (Å²) in [6.07, 6.45) is 0. The van der Waals surface area contributed by atoms with Crippen molar-refractivity contribution in [3.05, 3.63) is 52.5 Å². The van der Waals surface area contributed by atoms with Gasteiger partial charge in [0.2, 0.25) is 0 Å². The lowest BCUT2D eigenvalue weighted by Crippen LogP contribution is -2.08. The molecule has 4 nitrogen and oxygen atoms in total. The number of aryl methyl sites for hydroxylation is 1. The number of halogens is 1. The van der Waals surface area contributed by atoms with Gasteiger partial charge in [0.1, 0.15) is 11.5 Å². The third kappa shape index (κ3) is 3.67. The van der Waals surface area contributed by atoms with Gasteiger partial charge in [-0.05, 0) is 49.7 Å². The summed E-state index contributed by atoms with van der Waals surface area (Å²) in [5.74, 6) is 0.520. The minimum atomic E-state index is -0.476. The molecule has 2 N–H and O–H groups in total. The number of hydrogen-bond acceptors (Lipinski definition) is 4. The molecule has 21 heavy (non-hydrogen) atoms. The molecule has 2 aromatic rings. The van der Waals surface area contributed by atoms with Crippen LogP contribution < -0.4 is 10.5 Å². The van der Waals surface area contributed by atoms with Gasteiger partial charge < -0.3 is 15.2 Å². The normalized spacial score (nSPS) is 10.2. The molecule has 0 aliphatic heterocycles. The van der Waals surface area contributed by atoms with E-state index in [4.69, 9.17) is 26.8 Å². The van der Waals surface area contributed by atoms with Crippen LogP contribution in [0.3, 0.4) is 0 Å². The van der Waals surface area contributed by atoms with Gasteiger partial charge in [-0.3, -0.25) is 0 Å². The fourth-order valence-electron chi connectivity index (χ4n) is 1.80. The topological polar surface area (TPSA) is 61.5 Å². The molecule has 0 atom stereocenters. The average Bonchev–Trinajstić information content (AvgIpc) is 2.45. The van der Waals surface area contributed by atoms with Gasteiger partial charge >= 0.3 is 5.97 Å². The summed E-state index contributed by atoms with van der Waals surface area (Å²) in [4.78, 5) is 11.8. The van der Waals surface area contributed by atoms with Gasteiger partial charge in [0.15, 0.2) is 0 Å². The standard InChI is InChI=1S/C16H16ClNO3/c1-3-20-16(19)12-9-11(5-7-14(12)18)21-15-8-10(2)4-6-13(15)17/h4-9H,3,18H2,1-2H3. The molecule has 110 valence electrons. The second kappa shape index (κ2) is 6.50. The van der Waals surface area contributed by atoms with Gasteiger partial charge in [-0.2, -0.15) is 0 Å². The number of nitrogen functional groups attached to an aromatic ring is 1. The lowest BCUT2D eigenvalue weighted by atomic mass is 10.1. The quantitative estimate of drug-likeness (QED) is 0.679. The molecule has 0 spiro atoms. The number of benzene rings is 2. The molecular weight excluding hydrogens is 290 g/mol. The van der Waals surface area contributed by atoms with E-state index < -0.39 is 5.97 Å². The molecule has 0 fully saturated rings. The van der Waals surface area contributed by atoms with Crippen molar-refractivity contribution in [3.63, 3.8) is 0 Å². The summed E-state index contributed by atoms with van der Waals surface area (Å²) in [7, 11) is 0. The van der Waals surface area contributed by atoms with Crippen molar-refractivity contribution >= 4 is 23.3 Å². The first-order valence-corrected chi connectivity index (χ1v) is 6.89. The van der Waals surface area contributed by atoms with E-state index in [0.29, 0.717) is 22.2 Å². The molecule has 5 heteroatoms. The Kier molecular flexibility index (Phi) is 4.70. The highest BCUT2D eigenvalue weighted by molar-refractivity contribution is 6.32. The van der Waals surface area contributed by atoms with Gasteiger partial charge in [-0.1, -0.05) is 17.7 Å². The fraction of sp³-hybridized carbons (Fsp3) is 0.188. The maximum absolute atomic E-state index is 11.8. The van der Waals surface area contributed by atoms with Crippen molar-refractivity contribution in [2.24, 2.45) is 0 Å². The van der Waals surface area contributed by atoms with Gasteiger partial charge in [0.25, 0.3) is 0 Å².